The molecule has 2 aliphatic rings. The fraction of sp³-hybridized carbons (Fsp3) is 0.500. The zero-order valence-corrected chi connectivity index (χ0v) is 19.3. The standard InChI is InChI=1S/C20H25F2N4O6P/c1-10-8-24(6-7-26(10)33(30,31-2)32-3)18-14(21)16(23)13-17(15(18)22)25(11-4-5-11)9-12(19(13)27)20(28)29/h9-11,30H,4-8H2,1-3H3,(H2-,23,27,28,29)/p+1/t10-/m1/s1. The number of anilines is 2. The van der Waals surface area contributed by atoms with Crippen LogP contribution in [0.2, 0.25) is 0 Å². The number of nitrogens with two attached hydrogens (primary N) is 1. The second kappa shape index (κ2) is 8.44. The van der Waals surface area contributed by atoms with Crippen LogP contribution in [0.1, 0.15) is 36.2 Å². The Kier molecular flexibility index (Phi) is 6.08. The normalized spacial score (nSPS) is 19.9. The molecule has 0 amide bonds. The second-order valence-electron chi connectivity index (χ2n) is 8.24. The number of carbonyl (C=O) groups is 1. The molecule has 0 spiro atoms. The summed E-state index contributed by atoms with van der Waals surface area (Å²) in [6.45, 7) is 2.19. The van der Waals surface area contributed by atoms with Crippen molar-refractivity contribution in [2.75, 3.05) is 44.5 Å². The maximum absolute atomic E-state index is 15.9. The van der Waals surface area contributed by atoms with E-state index >= 15 is 8.78 Å². The van der Waals surface area contributed by atoms with Crippen LogP contribution in [0.25, 0.3) is 10.9 Å². The molecular weight excluding hydrogens is 461 g/mol. The number of carboxylic acid groups (broad SMARTS) is 1. The Hall–Kier alpha value is -2.37. The van der Waals surface area contributed by atoms with Crippen LogP contribution in [0, 0.1) is 11.6 Å². The smallest absolute Gasteiger partial charge is 0.477 e. The maximum atomic E-state index is 15.9. The summed E-state index contributed by atoms with van der Waals surface area (Å²) >= 11 is 0. The molecule has 1 aromatic carbocycles. The van der Waals surface area contributed by atoms with Crippen molar-refractivity contribution in [3.8, 4) is 0 Å². The topological polar surface area (TPSA) is 130 Å². The molecule has 1 aromatic heterocycles. The molecule has 33 heavy (non-hydrogen) atoms. The molecule has 2 aromatic rings. The van der Waals surface area contributed by atoms with Gasteiger partial charge in [0.15, 0.2) is 11.6 Å². The summed E-state index contributed by atoms with van der Waals surface area (Å²) in [5.41, 5.74) is 3.18. The van der Waals surface area contributed by atoms with E-state index in [1.54, 1.807) is 11.6 Å². The van der Waals surface area contributed by atoms with Gasteiger partial charge in [-0.2, -0.15) is 13.9 Å². The van der Waals surface area contributed by atoms with Crippen molar-refractivity contribution >= 4 is 36.3 Å². The molecule has 1 atom stereocenters. The van der Waals surface area contributed by atoms with E-state index in [2.05, 4.69) is 0 Å². The molecule has 2 fully saturated rings. The summed E-state index contributed by atoms with van der Waals surface area (Å²) in [6.07, 6.45) is 2.46. The Bertz CT molecular complexity index is 1180. The number of nitrogens with zero attached hydrogens (tertiary/aromatic N) is 3. The van der Waals surface area contributed by atoms with Gasteiger partial charge < -0.3 is 20.3 Å². The highest BCUT2D eigenvalue weighted by molar-refractivity contribution is 7.58. The van der Waals surface area contributed by atoms with Gasteiger partial charge in [0, 0.05) is 25.3 Å². The number of benzene rings is 1. The first-order chi connectivity index (χ1) is 15.6. The molecule has 1 aliphatic heterocycles. The highest BCUT2D eigenvalue weighted by Gasteiger charge is 2.52. The number of aromatic carboxylic acids is 1. The van der Waals surface area contributed by atoms with E-state index < -0.39 is 53.8 Å². The van der Waals surface area contributed by atoms with Crippen LogP contribution in [0.3, 0.4) is 0 Å². The van der Waals surface area contributed by atoms with Gasteiger partial charge in [-0.05, 0) is 19.8 Å². The molecular formula is C20H26F2N4O6P+. The Morgan fingerprint density at radius 2 is 1.85 bits per heavy atom. The number of nitrogen functional groups attached to an aromatic ring is 1. The molecule has 1 saturated heterocycles. The third kappa shape index (κ3) is 3.75. The number of piperazine rings is 1. The van der Waals surface area contributed by atoms with Crippen LogP contribution in [0.4, 0.5) is 20.2 Å². The zero-order chi connectivity index (χ0) is 24.2. The maximum Gasteiger partial charge on any atom is 0.501 e. The van der Waals surface area contributed by atoms with Crippen LogP contribution in [-0.2, 0) is 9.05 Å². The van der Waals surface area contributed by atoms with Crippen molar-refractivity contribution in [1.29, 1.82) is 0 Å². The van der Waals surface area contributed by atoms with Gasteiger partial charge in [0.2, 0.25) is 5.43 Å². The minimum Gasteiger partial charge on any atom is -0.477 e. The van der Waals surface area contributed by atoms with Crippen molar-refractivity contribution in [2.24, 2.45) is 0 Å². The van der Waals surface area contributed by atoms with Crippen LogP contribution in [-0.4, -0.2) is 65.1 Å². The Morgan fingerprint density at radius 1 is 1.21 bits per heavy atom. The molecule has 180 valence electrons. The number of fused-ring (bicyclic) bond motifs is 1. The third-order valence-corrected chi connectivity index (χ3v) is 8.44. The van der Waals surface area contributed by atoms with Crippen molar-refractivity contribution in [3.63, 3.8) is 0 Å². The fourth-order valence-corrected chi connectivity index (χ4v) is 5.92. The molecule has 10 nitrogen and oxygen atoms in total. The van der Waals surface area contributed by atoms with Gasteiger partial charge in [0.1, 0.15) is 11.3 Å². The molecule has 2 heterocycles. The predicted molar refractivity (Wildman–Crippen MR) is 119 cm³/mol. The number of halogens is 2. The largest absolute Gasteiger partial charge is 0.501 e. The molecule has 1 aliphatic carbocycles. The van der Waals surface area contributed by atoms with Crippen molar-refractivity contribution in [1.82, 2.24) is 9.24 Å². The molecule has 13 heteroatoms. The lowest BCUT2D eigenvalue weighted by molar-refractivity contribution is 0.0694. The monoisotopic (exact) mass is 487 g/mol. The minimum atomic E-state index is -3.29. The van der Waals surface area contributed by atoms with E-state index in [9.17, 15) is 19.6 Å². The number of pyridine rings is 1. The third-order valence-electron chi connectivity index (χ3n) is 6.24. The summed E-state index contributed by atoms with van der Waals surface area (Å²) in [7, 11) is -0.651. The first-order valence-electron chi connectivity index (χ1n) is 10.4. The summed E-state index contributed by atoms with van der Waals surface area (Å²) in [4.78, 5) is 36.4. The Morgan fingerprint density at radius 3 is 2.36 bits per heavy atom. The van der Waals surface area contributed by atoms with E-state index in [0.29, 0.717) is 12.8 Å². The zero-order valence-electron chi connectivity index (χ0n) is 18.4. The highest BCUT2D eigenvalue weighted by Crippen LogP contribution is 2.60. The summed E-state index contributed by atoms with van der Waals surface area (Å²) in [6, 6.07) is -0.592. The van der Waals surface area contributed by atoms with Gasteiger partial charge in [-0.15, -0.1) is 0 Å². The van der Waals surface area contributed by atoms with Gasteiger partial charge in [-0.25, -0.2) is 13.6 Å². The van der Waals surface area contributed by atoms with Gasteiger partial charge in [-0.3, -0.25) is 4.79 Å². The molecule has 0 unspecified atom stereocenters. The van der Waals surface area contributed by atoms with Crippen LogP contribution >= 0.6 is 8.09 Å². The van der Waals surface area contributed by atoms with E-state index in [1.807, 2.05) is 0 Å². The lowest BCUT2D eigenvalue weighted by atomic mass is 10.1. The molecule has 4 N–H and O–H groups in total. The second-order valence-corrected chi connectivity index (χ2v) is 10.5. The average molecular weight is 487 g/mol. The molecule has 4 rings (SSSR count). The van der Waals surface area contributed by atoms with Crippen molar-refractivity contribution < 1.29 is 32.6 Å². The number of carboxylic acids is 1. The van der Waals surface area contributed by atoms with E-state index in [4.69, 9.17) is 14.8 Å². The average Bonchev–Trinajstić information content (AvgIpc) is 3.62. The minimum absolute atomic E-state index is 0.120. The highest BCUT2D eigenvalue weighted by atomic mass is 31.2. The predicted octanol–water partition coefficient (Wildman–Crippen LogP) is 2.37. The summed E-state index contributed by atoms with van der Waals surface area (Å²) < 4.78 is 44.6. The van der Waals surface area contributed by atoms with Gasteiger partial charge in [0.05, 0.1) is 43.4 Å². The first-order valence-corrected chi connectivity index (χ1v) is 11.9. The van der Waals surface area contributed by atoms with Gasteiger partial charge in [-0.1, -0.05) is 4.67 Å². The molecule has 0 radical (unpaired) electrons. The van der Waals surface area contributed by atoms with Gasteiger partial charge in [0.25, 0.3) is 0 Å². The lowest BCUT2D eigenvalue weighted by Crippen LogP contribution is -2.52. The van der Waals surface area contributed by atoms with Crippen LogP contribution < -0.4 is 16.1 Å². The Balaban J connectivity index is 1.86. The van der Waals surface area contributed by atoms with Crippen LogP contribution in [0.5, 0.6) is 0 Å². The number of hydrogen-bond acceptors (Lipinski definition) is 8. The Labute approximate surface area is 188 Å². The van der Waals surface area contributed by atoms with Crippen molar-refractivity contribution in [2.45, 2.75) is 31.8 Å². The summed E-state index contributed by atoms with van der Waals surface area (Å²) in [5, 5.41) is 8.94. The van der Waals surface area contributed by atoms with Crippen LogP contribution in [0.15, 0.2) is 11.0 Å². The number of hydrogen-bond donors (Lipinski definition) is 3. The summed E-state index contributed by atoms with van der Waals surface area (Å²) in [5.74, 6) is -3.58. The first kappa shape index (κ1) is 23.8. The lowest BCUT2D eigenvalue weighted by Gasteiger charge is -2.40. The molecule has 0 bridgehead atoms. The van der Waals surface area contributed by atoms with Crippen molar-refractivity contribution in [3.05, 3.63) is 33.6 Å². The number of aromatic nitrogens is 1. The van der Waals surface area contributed by atoms with E-state index in [-0.39, 0.29) is 36.9 Å². The molecule has 1 saturated carbocycles. The van der Waals surface area contributed by atoms with E-state index in [0.717, 1.165) is 6.20 Å². The fourth-order valence-electron chi connectivity index (χ4n) is 4.43. The SMILES string of the molecule is CO[P+](O)(OC)N1CCN(c2c(F)c(N)c3c(=O)c(C(=O)O)cn(C4CC4)c3c2F)C[C@H]1C. The number of rotatable bonds is 6. The van der Waals surface area contributed by atoms with E-state index in [1.165, 1.54) is 23.7 Å². The quantitative estimate of drug-likeness (QED) is 0.415. The van der Waals surface area contributed by atoms with Gasteiger partial charge >= 0.3 is 14.1 Å².